The summed E-state index contributed by atoms with van der Waals surface area (Å²) in [7, 11) is 1.37. The number of carbonyl (C=O) groups excluding carboxylic acids is 1. The molecule has 0 aromatic heterocycles. The second kappa shape index (κ2) is 6.33. The number of benzene rings is 1. The normalized spacial score (nSPS) is 11.3. The van der Waals surface area contributed by atoms with Gasteiger partial charge in [0.2, 0.25) is 0 Å². The van der Waals surface area contributed by atoms with Crippen molar-refractivity contribution in [3.05, 3.63) is 41.0 Å². The lowest BCUT2D eigenvalue weighted by atomic mass is 10.1. The fraction of sp³-hybridized carbons (Fsp3) is 0.308. The maximum Gasteiger partial charge on any atom is 0.337 e. The number of rotatable bonds is 4. The molecule has 1 aromatic carbocycles. The number of hydrogen-bond acceptors (Lipinski definition) is 2. The first-order chi connectivity index (χ1) is 7.71. The van der Waals surface area contributed by atoms with Crippen molar-refractivity contribution in [2.75, 3.05) is 13.0 Å². The Kier molecular flexibility index (Phi) is 5.06. The van der Waals surface area contributed by atoms with Gasteiger partial charge in [-0.25, -0.2) is 4.79 Å². The largest absolute Gasteiger partial charge is 0.465 e. The first-order valence-corrected chi connectivity index (χ1v) is 5.68. The second-order valence-electron chi connectivity index (χ2n) is 3.40. The summed E-state index contributed by atoms with van der Waals surface area (Å²) in [6, 6.07) is 7.27. The van der Waals surface area contributed by atoms with Gasteiger partial charge in [-0.2, -0.15) is 0 Å². The van der Waals surface area contributed by atoms with Crippen molar-refractivity contribution in [1.82, 2.24) is 0 Å². The standard InChI is InChI=1S/C13H15ClO2/c1-3-10(9-14)8-11-4-6-12(7-5-11)13(15)16-2/h4-8H,3,9H2,1-2H3. The van der Waals surface area contributed by atoms with Gasteiger partial charge >= 0.3 is 5.97 Å². The van der Waals surface area contributed by atoms with E-state index in [4.69, 9.17) is 11.6 Å². The number of carbonyl (C=O) groups is 1. The minimum atomic E-state index is -0.316. The minimum Gasteiger partial charge on any atom is -0.465 e. The zero-order valence-corrected chi connectivity index (χ0v) is 10.3. The predicted molar refractivity (Wildman–Crippen MR) is 66.8 cm³/mol. The van der Waals surface area contributed by atoms with Crippen molar-refractivity contribution in [1.29, 1.82) is 0 Å². The van der Waals surface area contributed by atoms with Gasteiger partial charge in [0.15, 0.2) is 0 Å². The summed E-state index contributed by atoms with van der Waals surface area (Å²) >= 11 is 5.78. The SMILES string of the molecule is CCC(=Cc1ccc(C(=O)OC)cc1)CCl. The smallest absolute Gasteiger partial charge is 0.337 e. The number of hydrogen-bond donors (Lipinski definition) is 0. The lowest BCUT2D eigenvalue weighted by Gasteiger charge is -2.01. The van der Waals surface area contributed by atoms with Crippen LogP contribution in [0.15, 0.2) is 29.8 Å². The summed E-state index contributed by atoms with van der Waals surface area (Å²) in [5.41, 5.74) is 2.78. The molecule has 0 saturated carbocycles. The van der Waals surface area contributed by atoms with E-state index in [1.165, 1.54) is 12.7 Å². The molecular weight excluding hydrogens is 224 g/mol. The molecule has 0 amide bonds. The van der Waals surface area contributed by atoms with E-state index < -0.39 is 0 Å². The summed E-state index contributed by atoms with van der Waals surface area (Å²) in [6.07, 6.45) is 2.97. The van der Waals surface area contributed by atoms with E-state index in [0.717, 1.165) is 12.0 Å². The Morgan fingerprint density at radius 2 is 2.00 bits per heavy atom. The maximum absolute atomic E-state index is 11.2. The number of alkyl halides is 1. The molecule has 16 heavy (non-hydrogen) atoms. The van der Waals surface area contributed by atoms with E-state index in [2.05, 4.69) is 11.7 Å². The van der Waals surface area contributed by atoms with Crippen LogP contribution < -0.4 is 0 Å². The molecule has 0 radical (unpaired) electrons. The molecule has 0 bridgehead atoms. The van der Waals surface area contributed by atoms with Crippen LogP contribution in [0.25, 0.3) is 6.08 Å². The minimum absolute atomic E-state index is 0.316. The number of allylic oxidation sites excluding steroid dienone is 1. The first kappa shape index (κ1) is 12.8. The number of ether oxygens (including phenoxy) is 1. The van der Waals surface area contributed by atoms with Crippen LogP contribution in [0.2, 0.25) is 0 Å². The summed E-state index contributed by atoms with van der Waals surface area (Å²) < 4.78 is 4.62. The Balaban J connectivity index is 2.86. The van der Waals surface area contributed by atoms with Crippen molar-refractivity contribution in [3.8, 4) is 0 Å². The van der Waals surface area contributed by atoms with Crippen molar-refractivity contribution in [3.63, 3.8) is 0 Å². The molecule has 0 aliphatic heterocycles. The molecule has 2 nitrogen and oxygen atoms in total. The van der Waals surface area contributed by atoms with Gasteiger partial charge in [-0.1, -0.05) is 30.7 Å². The van der Waals surface area contributed by atoms with E-state index in [-0.39, 0.29) is 5.97 Å². The Morgan fingerprint density at radius 3 is 2.44 bits per heavy atom. The molecule has 0 aliphatic carbocycles. The van der Waals surface area contributed by atoms with E-state index in [1.807, 2.05) is 18.2 Å². The van der Waals surface area contributed by atoms with Crippen LogP contribution in [0, 0.1) is 0 Å². The highest BCUT2D eigenvalue weighted by molar-refractivity contribution is 6.19. The average molecular weight is 239 g/mol. The molecule has 0 aliphatic rings. The number of esters is 1. The Hall–Kier alpha value is -1.28. The fourth-order valence-electron chi connectivity index (χ4n) is 1.30. The highest BCUT2D eigenvalue weighted by atomic mass is 35.5. The summed E-state index contributed by atoms with van der Waals surface area (Å²) in [6.45, 7) is 2.07. The summed E-state index contributed by atoms with van der Waals surface area (Å²) in [4.78, 5) is 11.2. The van der Waals surface area contributed by atoms with Crippen molar-refractivity contribution in [2.24, 2.45) is 0 Å². The molecule has 0 saturated heterocycles. The van der Waals surface area contributed by atoms with E-state index >= 15 is 0 Å². The molecule has 0 fully saturated rings. The third kappa shape index (κ3) is 3.38. The maximum atomic E-state index is 11.2. The molecule has 0 atom stereocenters. The van der Waals surface area contributed by atoms with Crippen LogP contribution in [0.3, 0.4) is 0 Å². The van der Waals surface area contributed by atoms with Crippen molar-refractivity contribution < 1.29 is 9.53 Å². The highest BCUT2D eigenvalue weighted by Crippen LogP contribution is 2.12. The third-order valence-corrected chi connectivity index (χ3v) is 2.67. The second-order valence-corrected chi connectivity index (χ2v) is 3.67. The topological polar surface area (TPSA) is 26.3 Å². The highest BCUT2D eigenvalue weighted by Gasteiger charge is 2.03. The van der Waals surface area contributed by atoms with Crippen molar-refractivity contribution in [2.45, 2.75) is 13.3 Å². The van der Waals surface area contributed by atoms with Crippen LogP contribution >= 0.6 is 11.6 Å². The van der Waals surface area contributed by atoms with Crippen LogP contribution in [0.1, 0.15) is 29.3 Å². The van der Waals surface area contributed by atoms with Crippen molar-refractivity contribution >= 4 is 23.6 Å². The lowest BCUT2D eigenvalue weighted by molar-refractivity contribution is 0.0601. The summed E-state index contributed by atoms with van der Waals surface area (Å²) in [5.74, 6) is 0.221. The monoisotopic (exact) mass is 238 g/mol. The Bertz CT molecular complexity index is 373. The zero-order valence-electron chi connectivity index (χ0n) is 9.50. The van der Waals surface area contributed by atoms with E-state index in [1.54, 1.807) is 12.1 Å². The van der Waals surface area contributed by atoms with Crippen LogP contribution in [0.5, 0.6) is 0 Å². The van der Waals surface area contributed by atoms with E-state index in [0.29, 0.717) is 11.4 Å². The fourth-order valence-corrected chi connectivity index (χ4v) is 1.57. The number of methoxy groups -OCH3 is 1. The zero-order chi connectivity index (χ0) is 12.0. The van der Waals surface area contributed by atoms with Gasteiger partial charge in [0.1, 0.15) is 0 Å². The number of halogens is 1. The van der Waals surface area contributed by atoms with Gasteiger partial charge in [-0.15, -0.1) is 11.6 Å². The third-order valence-electron chi connectivity index (χ3n) is 2.33. The molecule has 3 heteroatoms. The molecule has 1 rings (SSSR count). The molecule has 0 heterocycles. The van der Waals surface area contributed by atoms with Gasteiger partial charge in [-0.3, -0.25) is 0 Å². The van der Waals surface area contributed by atoms with E-state index in [9.17, 15) is 4.79 Å². The van der Waals surface area contributed by atoms with Gasteiger partial charge in [-0.05, 0) is 24.1 Å². The van der Waals surface area contributed by atoms with Crippen LogP contribution in [0.4, 0.5) is 0 Å². The predicted octanol–water partition coefficient (Wildman–Crippen LogP) is 3.51. The van der Waals surface area contributed by atoms with Gasteiger partial charge in [0, 0.05) is 5.88 Å². The molecule has 0 unspecified atom stereocenters. The van der Waals surface area contributed by atoms with Gasteiger partial charge in [0.25, 0.3) is 0 Å². The Morgan fingerprint density at radius 1 is 1.38 bits per heavy atom. The Labute approximate surface area is 101 Å². The van der Waals surface area contributed by atoms with Gasteiger partial charge in [0.05, 0.1) is 12.7 Å². The first-order valence-electron chi connectivity index (χ1n) is 5.15. The van der Waals surface area contributed by atoms with Gasteiger partial charge < -0.3 is 4.74 Å². The van der Waals surface area contributed by atoms with Crippen LogP contribution in [-0.4, -0.2) is 19.0 Å². The quantitative estimate of drug-likeness (QED) is 0.593. The summed E-state index contributed by atoms with van der Waals surface area (Å²) in [5, 5.41) is 0. The lowest BCUT2D eigenvalue weighted by Crippen LogP contribution is -2.00. The molecule has 0 N–H and O–H groups in total. The van der Waals surface area contributed by atoms with Crippen LogP contribution in [-0.2, 0) is 4.74 Å². The molecule has 1 aromatic rings. The molecule has 0 spiro atoms. The molecular formula is C13H15ClO2. The molecule has 86 valence electrons. The average Bonchev–Trinajstić information content (AvgIpc) is 2.35.